The SMILES string of the molecule is CCC1(CC)CN=C(NCC(C)SC)SC1. The van der Waals surface area contributed by atoms with Gasteiger partial charge in [-0.05, 0) is 24.5 Å². The largest absolute Gasteiger partial charge is 0.364 e. The lowest BCUT2D eigenvalue weighted by Crippen LogP contribution is -2.36. The Balaban J connectivity index is 2.40. The molecule has 0 radical (unpaired) electrons. The summed E-state index contributed by atoms with van der Waals surface area (Å²) in [7, 11) is 0. The monoisotopic (exact) mass is 260 g/mol. The van der Waals surface area contributed by atoms with Gasteiger partial charge in [-0.1, -0.05) is 32.5 Å². The van der Waals surface area contributed by atoms with E-state index in [9.17, 15) is 0 Å². The van der Waals surface area contributed by atoms with Crippen molar-refractivity contribution in [3.8, 4) is 0 Å². The van der Waals surface area contributed by atoms with E-state index in [4.69, 9.17) is 4.99 Å². The van der Waals surface area contributed by atoms with Crippen molar-refractivity contribution in [2.75, 3.05) is 25.1 Å². The molecule has 0 aromatic heterocycles. The van der Waals surface area contributed by atoms with E-state index in [1.165, 1.54) is 18.6 Å². The summed E-state index contributed by atoms with van der Waals surface area (Å²) in [5.41, 5.74) is 0.459. The normalized spacial score (nSPS) is 21.4. The number of thioether (sulfide) groups is 2. The molecule has 0 amide bonds. The van der Waals surface area contributed by atoms with Crippen LogP contribution in [0.2, 0.25) is 0 Å². The van der Waals surface area contributed by atoms with Crippen molar-refractivity contribution in [1.29, 1.82) is 0 Å². The molecular formula is C12H24N2S2. The molecule has 0 aliphatic carbocycles. The third-order valence-corrected chi connectivity index (χ3v) is 5.79. The second-order valence-electron chi connectivity index (χ2n) is 4.54. The van der Waals surface area contributed by atoms with Crippen LogP contribution in [0.3, 0.4) is 0 Å². The van der Waals surface area contributed by atoms with Crippen LogP contribution in [0.1, 0.15) is 33.6 Å². The van der Waals surface area contributed by atoms with Gasteiger partial charge in [-0.25, -0.2) is 0 Å². The van der Waals surface area contributed by atoms with E-state index in [1.54, 1.807) is 0 Å². The van der Waals surface area contributed by atoms with E-state index in [2.05, 4.69) is 32.3 Å². The molecule has 4 heteroatoms. The Bertz CT molecular complexity index is 237. The summed E-state index contributed by atoms with van der Waals surface area (Å²) in [6.45, 7) is 8.84. The van der Waals surface area contributed by atoms with Crippen LogP contribution < -0.4 is 5.32 Å². The Morgan fingerprint density at radius 2 is 2.19 bits per heavy atom. The van der Waals surface area contributed by atoms with E-state index in [1.807, 2.05) is 23.5 Å². The summed E-state index contributed by atoms with van der Waals surface area (Å²) in [5.74, 6) is 1.22. The first-order chi connectivity index (χ1) is 7.65. The molecular weight excluding hydrogens is 236 g/mol. The molecule has 0 saturated carbocycles. The van der Waals surface area contributed by atoms with Gasteiger partial charge in [0.2, 0.25) is 0 Å². The summed E-state index contributed by atoms with van der Waals surface area (Å²) in [5, 5.41) is 5.26. The molecule has 16 heavy (non-hydrogen) atoms. The van der Waals surface area contributed by atoms with Crippen LogP contribution in [0.15, 0.2) is 4.99 Å². The third-order valence-electron chi connectivity index (χ3n) is 3.52. The van der Waals surface area contributed by atoms with Crippen LogP contribution in [-0.2, 0) is 0 Å². The van der Waals surface area contributed by atoms with Gasteiger partial charge in [-0.3, -0.25) is 4.99 Å². The third kappa shape index (κ3) is 3.88. The smallest absolute Gasteiger partial charge is 0.156 e. The lowest BCUT2D eigenvalue weighted by molar-refractivity contribution is 0.318. The van der Waals surface area contributed by atoms with E-state index >= 15 is 0 Å². The molecule has 1 N–H and O–H groups in total. The highest BCUT2D eigenvalue weighted by atomic mass is 32.2. The van der Waals surface area contributed by atoms with Crippen LogP contribution in [0.25, 0.3) is 0 Å². The van der Waals surface area contributed by atoms with Crippen molar-refractivity contribution < 1.29 is 0 Å². The predicted molar refractivity (Wildman–Crippen MR) is 78.8 cm³/mol. The van der Waals surface area contributed by atoms with E-state index < -0.39 is 0 Å². The van der Waals surface area contributed by atoms with Gasteiger partial charge in [0.25, 0.3) is 0 Å². The first-order valence-electron chi connectivity index (χ1n) is 6.09. The number of hydrogen-bond acceptors (Lipinski definition) is 4. The van der Waals surface area contributed by atoms with Crippen molar-refractivity contribution >= 4 is 28.7 Å². The van der Waals surface area contributed by atoms with Gasteiger partial charge in [0, 0.05) is 24.1 Å². The topological polar surface area (TPSA) is 24.4 Å². The summed E-state index contributed by atoms with van der Waals surface area (Å²) in [4.78, 5) is 4.69. The van der Waals surface area contributed by atoms with E-state index in [-0.39, 0.29) is 0 Å². The van der Waals surface area contributed by atoms with Gasteiger partial charge in [0.15, 0.2) is 5.17 Å². The minimum atomic E-state index is 0.459. The molecule has 0 bridgehead atoms. The number of amidine groups is 1. The molecule has 2 nitrogen and oxygen atoms in total. The number of aliphatic imine (C=N–C) groups is 1. The first kappa shape index (κ1) is 14.2. The van der Waals surface area contributed by atoms with Crippen molar-refractivity contribution in [1.82, 2.24) is 5.32 Å². The van der Waals surface area contributed by atoms with Crippen molar-refractivity contribution in [2.24, 2.45) is 10.4 Å². The van der Waals surface area contributed by atoms with Crippen molar-refractivity contribution in [2.45, 2.75) is 38.9 Å². The van der Waals surface area contributed by atoms with Crippen molar-refractivity contribution in [3.63, 3.8) is 0 Å². The second-order valence-corrected chi connectivity index (χ2v) is 6.78. The maximum absolute atomic E-state index is 4.69. The van der Waals surface area contributed by atoms with Gasteiger partial charge < -0.3 is 5.32 Å². The summed E-state index contributed by atoms with van der Waals surface area (Å²) >= 11 is 3.80. The quantitative estimate of drug-likeness (QED) is 0.821. The molecule has 0 saturated heterocycles. The zero-order valence-electron chi connectivity index (χ0n) is 10.9. The molecule has 0 spiro atoms. The standard InChI is InChI=1S/C12H24N2S2/c1-5-12(6-2)8-14-11(16-9-12)13-7-10(3)15-4/h10H,5-9H2,1-4H3,(H,13,14). The molecule has 0 aromatic carbocycles. The highest BCUT2D eigenvalue weighted by molar-refractivity contribution is 8.13. The first-order valence-corrected chi connectivity index (χ1v) is 8.37. The Labute approximate surface area is 108 Å². The zero-order chi connectivity index (χ0) is 12.0. The minimum Gasteiger partial charge on any atom is -0.364 e. The average molecular weight is 260 g/mol. The molecule has 1 rings (SSSR count). The van der Waals surface area contributed by atoms with Crippen LogP contribution in [0.5, 0.6) is 0 Å². The minimum absolute atomic E-state index is 0.459. The Kier molecular flexibility index (Phi) is 6.05. The summed E-state index contributed by atoms with van der Waals surface area (Å²) < 4.78 is 0. The Morgan fingerprint density at radius 3 is 2.62 bits per heavy atom. The Hall–Kier alpha value is 0.170. The molecule has 1 heterocycles. The van der Waals surface area contributed by atoms with Gasteiger partial charge in [0.05, 0.1) is 0 Å². The zero-order valence-corrected chi connectivity index (χ0v) is 12.5. The summed E-state index contributed by atoms with van der Waals surface area (Å²) in [6, 6.07) is 0. The molecule has 1 aliphatic rings. The number of nitrogens with zero attached hydrogens (tertiary/aromatic N) is 1. The fourth-order valence-corrected chi connectivity index (χ4v) is 3.18. The maximum Gasteiger partial charge on any atom is 0.156 e. The molecule has 1 aliphatic heterocycles. The molecule has 1 unspecified atom stereocenters. The number of hydrogen-bond donors (Lipinski definition) is 1. The van der Waals surface area contributed by atoms with Crippen LogP contribution >= 0.6 is 23.5 Å². The Morgan fingerprint density at radius 1 is 1.50 bits per heavy atom. The second kappa shape index (κ2) is 6.80. The maximum atomic E-state index is 4.69. The van der Waals surface area contributed by atoms with Gasteiger partial charge in [0.1, 0.15) is 0 Å². The van der Waals surface area contributed by atoms with Crippen molar-refractivity contribution in [3.05, 3.63) is 0 Å². The van der Waals surface area contributed by atoms with Crippen LogP contribution in [0.4, 0.5) is 0 Å². The molecule has 94 valence electrons. The lowest BCUT2D eigenvalue weighted by Gasteiger charge is -2.33. The van der Waals surface area contributed by atoms with Crippen LogP contribution in [0, 0.1) is 5.41 Å². The van der Waals surface area contributed by atoms with E-state index in [0.717, 1.165) is 18.3 Å². The number of nitrogens with one attached hydrogen (secondary N) is 1. The van der Waals surface area contributed by atoms with Crippen LogP contribution in [-0.4, -0.2) is 35.5 Å². The molecule has 1 atom stereocenters. The van der Waals surface area contributed by atoms with Gasteiger partial charge >= 0.3 is 0 Å². The number of rotatable bonds is 5. The lowest BCUT2D eigenvalue weighted by atomic mass is 9.84. The van der Waals surface area contributed by atoms with Gasteiger partial charge in [-0.15, -0.1) is 0 Å². The highest BCUT2D eigenvalue weighted by Gasteiger charge is 2.29. The van der Waals surface area contributed by atoms with E-state index in [0.29, 0.717) is 10.7 Å². The molecule has 0 aromatic rings. The highest BCUT2D eigenvalue weighted by Crippen LogP contribution is 2.34. The average Bonchev–Trinajstić information content (AvgIpc) is 2.36. The molecule has 0 fully saturated rings. The summed E-state index contributed by atoms with van der Waals surface area (Å²) in [6.07, 6.45) is 4.64. The fraction of sp³-hybridized carbons (Fsp3) is 0.917. The fourth-order valence-electron chi connectivity index (χ4n) is 1.65. The van der Waals surface area contributed by atoms with Gasteiger partial charge in [-0.2, -0.15) is 11.8 Å². The predicted octanol–water partition coefficient (Wildman–Crippen LogP) is 3.24.